The summed E-state index contributed by atoms with van der Waals surface area (Å²) in [7, 11) is 2.02. The lowest BCUT2D eigenvalue weighted by Crippen LogP contribution is -2.43. The van der Waals surface area contributed by atoms with Crippen molar-refractivity contribution in [2.24, 2.45) is 0 Å². The molecular weight excluding hydrogens is 214 g/mol. The molecule has 4 heteroatoms. The van der Waals surface area contributed by atoms with E-state index in [2.05, 4.69) is 15.2 Å². The largest absolute Gasteiger partial charge is 0.316 e. The van der Waals surface area contributed by atoms with E-state index < -0.39 is 0 Å². The minimum Gasteiger partial charge on any atom is -0.316 e. The lowest BCUT2D eigenvalue weighted by Gasteiger charge is -2.32. The monoisotopic (exact) mass is 233 g/mol. The van der Waals surface area contributed by atoms with Crippen LogP contribution in [0.2, 0.25) is 0 Å². The normalized spacial score (nSPS) is 21.4. The van der Waals surface area contributed by atoms with Crippen LogP contribution in [-0.4, -0.2) is 42.3 Å². The Hall–Kier alpha value is -1.26. The Balaban J connectivity index is 1.97. The summed E-state index contributed by atoms with van der Waals surface area (Å²) in [5.74, 6) is 0. The Morgan fingerprint density at radius 3 is 3.29 bits per heavy atom. The zero-order valence-corrected chi connectivity index (χ0v) is 10.2. The summed E-state index contributed by atoms with van der Waals surface area (Å²) >= 11 is 0. The van der Waals surface area contributed by atoms with E-state index in [1.807, 2.05) is 19.2 Å². The fourth-order valence-electron chi connectivity index (χ4n) is 2.35. The maximum Gasteiger partial charge on any atom is 0.168 e. The second-order valence-electron chi connectivity index (χ2n) is 4.57. The van der Waals surface area contributed by atoms with Gasteiger partial charge in [0.15, 0.2) is 6.29 Å². The molecular formula is C13H19N3O. The van der Waals surface area contributed by atoms with Gasteiger partial charge in [-0.25, -0.2) is 0 Å². The number of aldehydes is 1. The fourth-order valence-corrected chi connectivity index (χ4v) is 2.35. The molecule has 1 fully saturated rings. The first-order chi connectivity index (χ1) is 8.31. The molecule has 2 heterocycles. The summed E-state index contributed by atoms with van der Waals surface area (Å²) in [6.45, 7) is 3.12. The molecule has 1 saturated heterocycles. The minimum atomic E-state index is 0.518. The highest BCUT2D eigenvalue weighted by atomic mass is 16.1. The number of pyridine rings is 1. The zero-order valence-electron chi connectivity index (χ0n) is 10.2. The number of nitrogens with zero attached hydrogens (tertiary/aromatic N) is 2. The number of hydrogen-bond acceptors (Lipinski definition) is 4. The van der Waals surface area contributed by atoms with Gasteiger partial charge in [0.05, 0.1) is 0 Å². The molecule has 1 aliphatic rings. The van der Waals surface area contributed by atoms with Gasteiger partial charge < -0.3 is 5.32 Å². The van der Waals surface area contributed by atoms with Gasteiger partial charge in [-0.2, -0.15) is 0 Å². The maximum atomic E-state index is 10.7. The van der Waals surface area contributed by atoms with Gasteiger partial charge in [-0.15, -0.1) is 0 Å². The quantitative estimate of drug-likeness (QED) is 0.790. The van der Waals surface area contributed by atoms with Gasteiger partial charge in [0.1, 0.15) is 5.69 Å². The van der Waals surface area contributed by atoms with Crippen molar-refractivity contribution in [3.8, 4) is 0 Å². The standard InChI is InChI=1S/C13H19N3O/c1-14-12-3-2-6-16(9-12)8-11-4-5-15-13(7-11)10-17/h4-5,7,10,12,14H,2-3,6,8-9H2,1H3. The van der Waals surface area contributed by atoms with Crippen LogP contribution in [0, 0.1) is 0 Å². The molecule has 1 aliphatic heterocycles. The topological polar surface area (TPSA) is 45.2 Å². The van der Waals surface area contributed by atoms with Crippen molar-refractivity contribution >= 4 is 6.29 Å². The number of carbonyl (C=O) groups is 1. The number of likely N-dealkylation sites (tertiary alicyclic amines) is 1. The van der Waals surface area contributed by atoms with Crippen molar-refractivity contribution in [1.82, 2.24) is 15.2 Å². The van der Waals surface area contributed by atoms with Gasteiger partial charge in [0.25, 0.3) is 0 Å². The number of rotatable bonds is 4. The van der Waals surface area contributed by atoms with Crippen molar-refractivity contribution in [3.63, 3.8) is 0 Å². The zero-order chi connectivity index (χ0) is 12.1. The van der Waals surface area contributed by atoms with E-state index in [0.717, 1.165) is 25.9 Å². The first-order valence-corrected chi connectivity index (χ1v) is 6.11. The molecule has 0 amide bonds. The third-order valence-electron chi connectivity index (χ3n) is 3.29. The molecule has 1 unspecified atom stereocenters. The molecule has 1 aromatic heterocycles. The SMILES string of the molecule is CNC1CCCN(Cc2ccnc(C=O)c2)C1. The van der Waals surface area contributed by atoms with Crippen LogP contribution in [-0.2, 0) is 6.54 Å². The van der Waals surface area contributed by atoms with Crippen LogP contribution in [0.15, 0.2) is 18.3 Å². The van der Waals surface area contributed by atoms with E-state index in [0.29, 0.717) is 11.7 Å². The summed E-state index contributed by atoms with van der Waals surface area (Å²) in [6, 6.07) is 4.45. The van der Waals surface area contributed by atoms with Crippen molar-refractivity contribution in [3.05, 3.63) is 29.6 Å². The van der Waals surface area contributed by atoms with Crippen molar-refractivity contribution in [1.29, 1.82) is 0 Å². The molecule has 0 spiro atoms. The molecule has 1 N–H and O–H groups in total. The highest BCUT2D eigenvalue weighted by Crippen LogP contribution is 2.13. The molecule has 1 aromatic rings. The lowest BCUT2D eigenvalue weighted by molar-refractivity contribution is 0.111. The highest BCUT2D eigenvalue weighted by molar-refractivity contribution is 5.71. The van der Waals surface area contributed by atoms with Crippen LogP contribution in [0.4, 0.5) is 0 Å². The average molecular weight is 233 g/mol. The molecule has 0 aromatic carbocycles. The van der Waals surface area contributed by atoms with Crippen molar-refractivity contribution in [2.75, 3.05) is 20.1 Å². The molecule has 4 nitrogen and oxygen atoms in total. The summed E-state index contributed by atoms with van der Waals surface area (Å²) in [5, 5.41) is 3.33. The lowest BCUT2D eigenvalue weighted by atomic mass is 10.1. The Kier molecular flexibility index (Phi) is 4.23. The molecule has 92 valence electrons. The number of piperidine rings is 1. The Bertz CT molecular complexity index is 381. The van der Waals surface area contributed by atoms with E-state index in [-0.39, 0.29) is 0 Å². The molecule has 0 aliphatic carbocycles. The Morgan fingerprint density at radius 2 is 2.53 bits per heavy atom. The third kappa shape index (κ3) is 3.35. The summed E-state index contributed by atoms with van der Waals surface area (Å²) < 4.78 is 0. The van der Waals surface area contributed by atoms with Crippen LogP contribution in [0.25, 0.3) is 0 Å². The first-order valence-electron chi connectivity index (χ1n) is 6.11. The van der Waals surface area contributed by atoms with E-state index in [1.54, 1.807) is 6.20 Å². The van der Waals surface area contributed by atoms with Gasteiger partial charge in [-0.05, 0) is 44.1 Å². The predicted octanol–water partition coefficient (Wildman–Crippen LogP) is 1.08. The van der Waals surface area contributed by atoms with Gasteiger partial charge in [-0.1, -0.05) is 0 Å². The Labute approximate surface area is 102 Å². The molecule has 2 rings (SSSR count). The van der Waals surface area contributed by atoms with Gasteiger partial charge in [-0.3, -0.25) is 14.7 Å². The van der Waals surface area contributed by atoms with Crippen LogP contribution < -0.4 is 5.32 Å². The van der Waals surface area contributed by atoms with Crippen LogP contribution in [0.3, 0.4) is 0 Å². The van der Waals surface area contributed by atoms with Gasteiger partial charge in [0.2, 0.25) is 0 Å². The summed E-state index contributed by atoms with van der Waals surface area (Å²) in [4.78, 5) is 17.1. The molecule has 1 atom stereocenters. The molecule has 17 heavy (non-hydrogen) atoms. The number of likely N-dealkylation sites (N-methyl/N-ethyl adjacent to an activating group) is 1. The number of hydrogen-bond donors (Lipinski definition) is 1. The van der Waals surface area contributed by atoms with Crippen molar-refractivity contribution < 1.29 is 4.79 Å². The third-order valence-corrected chi connectivity index (χ3v) is 3.29. The fraction of sp³-hybridized carbons (Fsp3) is 0.538. The highest BCUT2D eigenvalue weighted by Gasteiger charge is 2.18. The minimum absolute atomic E-state index is 0.518. The van der Waals surface area contributed by atoms with Crippen LogP contribution in [0.5, 0.6) is 0 Å². The van der Waals surface area contributed by atoms with E-state index >= 15 is 0 Å². The average Bonchev–Trinajstić information content (AvgIpc) is 2.39. The van der Waals surface area contributed by atoms with Crippen molar-refractivity contribution in [2.45, 2.75) is 25.4 Å². The summed E-state index contributed by atoms with van der Waals surface area (Å²) in [6.07, 6.45) is 4.99. The molecule has 0 bridgehead atoms. The second-order valence-corrected chi connectivity index (χ2v) is 4.57. The summed E-state index contributed by atoms with van der Waals surface area (Å²) in [5.41, 5.74) is 1.68. The maximum absolute atomic E-state index is 10.7. The second kappa shape index (κ2) is 5.89. The number of nitrogens with one attached hydrogen (secondary N) is 1. The van der Waals surface area contributed by atoms with Gasteiger partial charge >= 0.3 is 0 Å². The predicted molar refractivity (Wildman–Crippen MR) is 67.0 cm³/mol. The van der Waals surface area contributed by atoms with Crippen LogP contribution in [0.1, 0.15) is 28.9 Å². The van der Waals surface area contributed by atoms with E-state index in [9.17, 15) is 4.79 Å². The first kappa shape index (κ1) is 12.2. The van der Waals surface area contributed by atoms with Crippen LogP contribution >= 0.6 is 0 Å². The molecule has 0 radical (unpaired) electrons. The Morgan fingerprint density at radius 1 is 1.65 bits per heavy atom. The van der Waals surface area contributed by atoms with E-state index in [1.165, 1.54) is 18.4 Å². The van der Waals surface area contributed by atoms with Gasteiger partial charge in [0, 0.05) is 25.3 Å². The van der Waals surface area contributed by atoms with E-state index in [4.69, 9.17) is 0 Å². The number of carbonyl (C=O) groups excluding carboxylic acids is 1. The smallest absolute Gasteiger partial charge is 0.168 e. The number of aromatic nitrogens is 1. The molecule has 0 saturated carbocycles.